The van der Waals surface area contributed by atoms with Crippen molar-refractivity contribution >= 4 is 28.5 Å². The molecular weight excluding hydrogens is 444 g/mol. The van der Waals surface area contributed by atoms with E-state index >= 15 is 0 Å². The lowest BCUT2D eigenvalue weighted by molar-refractivity contribution is -0.127. The number of allylic oxidation sites excluding steroid dienone is 1. The van der Waals surface area contributed by atoms with E-state index in [9.17, 15) is 9.59 Å². The standard InChI is InChI=1S/C28H32N2O5/c1-19(15-26(31)29-11-13-30(14-12-29)27(32)35-28(2,3)4)21-16-22-23(20-9-7-6-8-10-20)18-34-25(22)17-24(21)33-5/h6-10,15-18H,11-14H2,1-5H3/b19-15+. The van der Waals surface area contributed by atoms with Crippen molar-refractivity contribution in [3.63, 3.8) is 0 Å². The third-order valence-corrected chi connectivity index (χ3v) is 5.99. The van der Waals surface area contributed by atoms with E-state index in [0.29, 0.717) is 31.9 Å². The highest BCUT2D eigenvalue weighted by molar-refractivity contribution is 6.00. The van der Waals surface area contributed by atoms with Crippen molar-refractivity contribution in [1.29, 1.82) is 0 Å². The molecule has 35 heavy (non-hydrogen) atoms. The maximum Gasteiger partial charge on any atom is 0.410 e. The van der Waals surface area contributed by atoms with E-state index in [4.69, 9.17) is 13.9 Å². The molecule has 1 aliphatic rings. The van der Waals surface area contributed by atoms with Gasteiger partial charge >= 0.3 is 6.09 Å². The molecule has 1 aromatic heterocycles. The third kappa shape index (κ3) is 5.50. The lowest BCUT2D eigenvalue weighted by Gasteiger charge is -2.35. The fraction of sp³-hybridized carbons (Fsp3) is 0.357. The molecule has 1 saturated heterocycles. The quantitative estimate of drug-likeness (QED) is 0.459. The van der Waals surface area contributed by atoms with E-state index in [1.807, 2.05) is 70.2 Å². The number of ether oxygens (including phenoxy) is 2. The predicted molar refractivity (Wildman–Crippen MR) is 136 cm³/mol. The van der Waals surface area contributed by atoms with E-state index in [2.05, 4.69) is 0 Å². The van der Waals surface area contributed by atoms with Crippen LogP contribution in [0.4, 0.5) is 4.79 Å². The van der Waals surface area contributed by atoms with E-state index in [0.717, 1.165) is 33.2 Å². The van der Waals surface area contributed by atoms with Gasteiger partial charge in [-0.2, -0.15) is 0 Å². The second-order valence-electron chi connectivity index (χ2n) is 9.68. The Labute approximate surface area is 205 Å². The fourth-order valence-electron chi connectivity index (χ4n) is 4.16. The Morgan fingerprint density at radius 1 is 1.00 bits per heavy atom. The summed E-state index contributed by atoms with van der Waals surface area (Å²) in [6.07, 6.45) is 3.04. The van der Waals surface area contributed by atoms with Crippen LogP contribution >= 0.6 is 0 Å². The minimum Gasteiger partial charge on any atom is -0.496 e. The van der Waals surface area contributed by atoms with E-state index in [-0.39, 0.29) is 12.0 Å². The van der Waals surface area contributed by atoms with Gasteiger partial charge in [0.15, 0.2) is 0 Å². The number of rotatable bonds is 4. The fourth-order valence-corrected chi connectivity index (χ4v) is 4.16. The molecule has 0 saturated carbocycles. The average Bonchev–Trinajstić information content (AvgIpc) is 3.25. The van der Waals surface area contributed by atoms with Gasteiger partial charge in [-0.3, -0.25) is 4.79 Å². The Hall–Kier alpha value is -3.74. The van der Waals surface area contributed by atoms with Crippen LogP contribution in [0, 0.1) is 0 Å². The van der Waals surface area contributed by atoms with E-state index < -0.39 is 5.60 Å². The summed E-state index contributed by atoms with van der Waals surface area (Å²) < 4.78 is 16.9. The molecule has 7 heteroatoms. The molecule has 2 heterocycles. The van der Waals surface area contributed by atoms with Crippen LogP contribution in [-0.4, -0.2) is 60.7 Å². The summed E-state index contributed by atoms with van der Waals surface area (Å²) in [5.74, 6) is 0.548. The Morgan fingerprint density at radius 3 is 2.29 bits per heavy atom. The molecule has 1 fully saturated rings. The molecule has 0 atom stereocenters. The molecule has 2 aromatic carbocycles. The summed E-state index contributed by atoms with van der Waals surface area (Å²) in [5.41, 5.74) is 3.86. The normalized spacial score (nSPS) is 14.8. The minimum absolute atomic E-state index is 0.0936. The number of nitrogens with zero attached hydrogens (tertiary/aromatic N) is 2. The average molecular weight is 477 g/mol. The van der Waals surface area contributed by atoms with Gasteiger partial charge in [0.05, 0.1) is 13.4 Å². The second-order valence-corrected chi connectivity index (χ2v) is 9.68. The van der Waals surface area contributed by atoms with Crippen LogP contribution in [-0.2, 0) is 9.53 Å². The summed E-state index contributed by atoms with van der Waals surface area (Å²) in [6, 6.07) is 13.9. The van der Waals surface area contributed by atoms with E-state index in [1.54, 1.807) is 29.2 Å². The van der Waals surface area contributed by atoms with Crippen molar-refractivity contribution < 1.29 is 23.5 Å². The summed E-state index contributed by atoms with van der Waals surface area (Å²) in [7, 11) is 1.61. The second kappa shape index (κ2) is 9.86. The smallest absolute Gasteiger partial charge is 0.410 e. The highest BCUT2D eigenvalue weighted by atomic mass is 16.6. The number of benzene rings is 2. The van der Waals surface area contributed by atoms with Crippen molar-refractivity contribution in [1.82, 2.24) is 9.80 Å². The number of furan rings is 1. The topological polar surface area (TPSA) is 72.2 Å². The molecule has 4 rings (SSSR count). The first-order valence-corrected chi connectivity index (χ1v) is 11.8. The highest BCUT2D eigenvalue weighted by Gasteiger charge is 2.27. The Kier molecular flexibility index (Phi) is 6.87. The number of amides is 2. The van der Waals surface area contributed by atoms with Crippen LogP contribution in [0.25, 0.3) is 27.7 Å². The van der Waals surface area contributed by atoms with Gasteiger partial charge < -0.3 is 23.7 Å². The molecule has 0 unspecified atom stereocenters. The van der Waals surface area contributed by atoms with Crippen molar-refractivity contribution in [2.45, 2.75) is 33.3 Å². The molecule has 184 valence electrons. The van der Waals surface area contributed by atoms with Gasteiger partial charge in [-0.15, -0.1) is 0 Å². The first-order valence-electron chi connectivity index (χ1n) is 11.8. The highest BCUT2D eigenvalue weighted by Crippen LogP contribution is 2.37. The van der Waals surface area contributed by atoms with Gasteiger partial charge in [0, 0.05) is 54.8 Å². The summed E-state index contributed by atoms with van der Waals surface area (Å²) in [4.78, 5) is 28.7. The number of hydrogen-bond donors (Lipinski definition) is 0. The number of fused-ring (bicyclic) bond motifs is 1. The maximum absolute atomic E-state index is 13.0. The first kappa shape index (κ1) is 24.4. The van der Waals surface area contributed by atoms with Gasteiger partial charge in [0.1, 0.15) is 16.9 Å². The van der Waals surface area contributed by atoms with Gasteiger partial charge in [0.2, 0.25) is 5.91 Å². The van der Waals surface area contributed by atoms with Crippen LogP contribution in [0.3, 0.4) is 0 Å². The summed E-state index contributed by atoms with van der Waals surface area (Å²) >= 11 is 0. The Bertz CT molecular complexity index is 1250. The van der Waals surface area contributed by atoms with E-state index in [1.165, 1.54) is 0 Å². The van der Waals surface area contributed by atoms with Crippen LogP contribution in [0.1, 0.15) is 33.3 Å². The van der Waals surface area contributed by atoms with Gasteiger partial charge in [0.25, 0.3) is 0 Å². The predicted octanol–water partition coefficient (Wildman–Crippen LogP) is 5.59. The zero-order chi connectivity index (χ0) is 25.2. The van der Waals surface area contributed by atoms with Gasteiger partial charge in [-0.05, 0) is 44.9 Å². The minimum atomic E-state index is -0.542. The molecular formula is C28H32N2O5. The molecule has 0 aliphatic carbocycles. The molecule has 0 N–H and O–H groups in total. The maximum atomic E-state index is 13.0. The van der Waals surface area contributed by atoms with Crippen LogP contribution < -0.4 is 4.74 Å². The molecule has 3 aromatic rings. The van der Waals surface area contributed by atoms with Crippen LogP contribution in [0.5, 0.6) is 5.75 Å². The largest absolute Gasteiger partial charge is 0.496 e. The molecule has 0 bridgehead atoms. The monoisotopic (exact) mass is 476 g/mol. The SMILES string of the molecule is COc1cc2occ(-c3ccccc3)c2cc1/C(C)=C/C(=O)N1CCN(C(=O)OC(C)(C)C)CC1. The Balaban J connectivity index is 1.53. The van der Waals surface area contributed by atoms with Crippen LogP contribution in [0.2, 0.25) is 0 Å². The number of hydrogen-bond acceptors (Lipinski definition) is 5. The lowest BCUT2D eigenvalue weighted by atomic mass is 9.99. The number of methoxy groups -OCH3 is 1. The Morgan fingerprint density at radius 2 is 1.66 bits per heavy atom. The summed E-state index contributed by atoms with van der Waals surface area (Å²) in [5, 5.41) is 0.957. The van der Waals surface area contributed by atoms with Crippen LogP contribution in [0.15, 0.2) is 59.2 Å². The van der Waals surface area contributed by atoms with Gasteiger partial charge in [-0.25, -0.2) is 4.79 Å². The molecule has 2 amide bonds. The van der Waals surface area contributed by atoms with Crippen molar-refractivity contribution in [3.8, 4) is 16.9 Å². The molecule has 0 radical (unpaired) electrons. The zero-order valence-corrected chi connectivity index (χ0v) is 21.0. The number of carbonyl (C=O) groups is 2. The lowest BCUT2D eigenvalue weighted by Crippen LogP contribution is -2.51. The molecule has 7 nitrogen and oxygen atoms in total. The zero-order valence-electron chi connectivity index (χ0n) is 21.0. The molecule has 0 spiro atoms. The third-order valence-electron chi connectivity index (χ3n) is 5.99. The number of carbonyl (C=O) groups excluding carboxylic acids is 2. The first-order chi connectivity index (χ1) is 16.7. The van der Waals surface area contributed by atoms with Gasteiger partial charge in [-0.1, -0.05) is 30.3 Å². The summed E-state index contributed by atoms with van der Waals surface area (Å²) in [6.45, 7) is 9.23. The number of piperazine rings is 1. The van der Waals surface area contributed by atoms with Crippen molar-refractivity contribution in [2.75, 3.05) is 33.3 Å². The molecule has 1 aliphatic heterocycles. The van der Waals surface area contributed by atoms with Crippen molar-refractivity contribution in [3.05, 3.63) is 60.4 Å². The van der Waals surface area contributed by atoms with Crippen molar-refractivity contribution in [2.24, 2.45) is 0 Å².